The van der Waals surface area contributed by atoms with Crippen molar-refractivity contribution in [3.05, 3.63) is 0 Å². The lowest BCUT2D eigenvalue weighted by Crippen LogP contribution is -2.51. The molecular weight excluding hydrogens is 288 g/mol. The van der Waals surface area contributed by atoms with E-state index >= 15 is 0 Å². The van der Waals surface area contributed by atoms with Crippen molar-refractivity contribution in [3.63, 3.8) is 0 Å². The Morgan fingerprint density at radius 1 is 1.43 bits per heavy atom. The van der Waals surface area contributed by atoms with E-state index in [9.17, 15) is 9.59 Å². The van der Waals surface area contributed by atoms with Crippen LogP contribution in [0.15, 0.2) is 0 Å². The highest BCUT2D eigenvalue weighted by Gasteiger charge is 2.30. The van der Waals surface area contributed by atoms with Gasteiger partial charge < -0.3 is 15.8 Å². The summed E-state index contributed by atoms with van der Waals surface area (Å²) in [5.41, 5.74) is 5.93. The molecule has 0 aromatic heterocycles. The van der Waals surface area contributed by atoms with E-state index in [4.69, 9.17) is 10.5 Å². The van der Waals surface area contributed by atoms with Gasteiger partial charge >= 0.3 is 5.97 Å². The number of carbonyl (C=O) groups is 2. The summed E-state index contributed by atoms with van der Waals surface area (Å²) in [7, 11) is 0. The minimum absolute atomic E-state index is 0.0914. The first-order chi connectivity index (χ1) is 9.99. The molecule has 6 heteroatoms. The van der Waals surface area contributed by atoms with Crippen LogP contribution in [0.1, 0.15) is 46.5 Å². The number of carbonyl (C=O) groups excluding carboxylic acids is 2. The third-order valence-corrected chi connectivity index (χ3v) is 5.39. The molecule has 0 saturated carbocycles. The Morgan fingerprint density at radius 2 is 2.14 bits per heavy atom. The molecule has 0 radical (unpaired) electrons. The van der Waals surface area contributed by atoms with Crippen LogP contribution in [0.4, 0.5) is 0 Å². The van der Waals surface area contributed by atoms with Gasteiger partial charge in [0, 0.05) is 5.25 Å². The number of thioether (sulfide) groups is 1. The lowest BCUT2D eigenvalue weighted by molar-refractivity contribution is -0.147. The van der Waals surface area contributed by atoms with Gasteiger partial charge in [-0.15, -0.1) is 0 Å². The molecule has 21 heavy (non-hydrogen) atoms. The van der Waals surface area contributed by atoms with Crippen LogP contribution in [0, 0.1) is 5.92 Å². The zero-order valence-corrected chi connectivity index (χ0v) is 14.1. The van der Waals surface area contributed by atoms with E-state index in [1.54, 1.807) is 6.92 Å². The maximum Gasteiger partial charge on any atom is 0.328 e. The number of nitrogens with two attached hydrogens (primary N) is 1. The second-order valence-electron chi connectivity index (χ2n) is 5.60. The monoisotopic (exact) mass is 316 g/mol. The molecule has 5 nitrogen and oxygen atoms in total. The number of rotatable bonds is 8. The highest BCUT2D eigenvalue weighted by molar-refractivity contribution is 8.00. The first-order valence-corrected chi connectivity index (χ1v) is 8.88. The van der Waals surface area contributed by atoms with Gasteiger partial charge in [0.1, 0.15) is 6.04 Å². The molecule has 1 rings (SSSR count). The zero-order chi connectivity index (χ0) is 15.8. The molecule has 1 saturated heterocycles. The molecule has 3 N–H and O–H groups in total. The summed E-state index contributed by atoms with van der Waals surface area (Å²) in [5.74, 6) is 0.606. The topological polar surface area (TPSA) is 81.4 Å². The molecule has 0 aromatic carbocycles. The Balaban J connectivity index is 2.62. The molecule has 122 valence electrons. The minimum Gasteiger partial charge on any atom is -0.464 e. The lowest BCUT2D eigenvalue weighted by atomic mass is 9.98. The normalized spacial score (nSPS) is 22.4. The molecule has 4 atom stereocenters. The van der Waals surface area contributed by atoms with Gasteiger partial charge in [-0.3, -0.25) is 4.79 Å². The molecule has 1 heterocycles. The summed E-state index contributed by atoms with van der Waals surface area (Å²) < 4.78 is 5.08. The molecule has 1 amide bonds. The predicted octanol–water partition coefficient (Wildman–Crippen LogP) is 1.69. The van der Waals surface area contributed by atoms with Gasteiger partial charge in [0.25, 0.3) is 0 Å². The van der Waals surface area contributed by atoms with Crippen molar-refractivity contribution in [2.24, 2.45) is 11.7 Å². The van der Waals surface area contributed by atoms with E-state index in [1.165, 1.54) is 6.42 Å². The van der Waals surface area contributed by atoms with Crippen molar-refractivity contribution >= 4 is 23.6 Å². The molecule has 0 aliphatic carbocycles. The quantitative estimate of drug-likeness (QED) is 0.666. The van der Waals surface area contributed by atoms with Gasteiger partial charge in [-0.1, -0.05) is 20.3 Å². The van der Waals surface area contributed by atoms with Gasteiger partial charge in [-0.25, -0.2) is 4.79 Å². The van der Waals surface area contributed by atoms with Crippen LogP contribution in [0.3, 0.4) is 0 Å². The van der Waals surface area contributed by atoms with E-state index in [0.717, 1.165) is 18.6 Å². The second kappa shape index (κ2) is 9.30. The number of ether oxygens (including phenoxy) is 1. The molecule has 0 spiro atoms. The smallest absolute Gasteiger partial charge is 0.328 e. The summed E-state index contributed by atoms with van der Waals surface area (Å²) >= 11 is 1.86. The number of amides is 1. The highest BCUT2D eigenvalue weighted by Crippen LogP contribution is 2.29. The fraction of sp³-hybridized carbons (Fsp3) is 0.867. The summed E-state index contributed by atoms with van der Waals surface area (Å²) in [6.45, 7) is 6.03. The summed E-state index contributed by atoms with van der Waals surface area (Å²) in [4.78, 5) is 24.2. The molecule has 1 aliphatic rings. The number of esters is 1. The summed E-state index contributed by atoms with van der Waals surface area (Å²) in [6, 6.07) is -1.16. The van der Waals surface area contributed by atoms with Crippen molar-refractivity contribution in [2.45, 2.75) is 63.8 Å². The van der Waals surface area contributed by atoms with E-state index in [-0.39, 0.29) is 17.8 Å². The van der Waals surface area contributed by atoms with Crippen molar-refractivity contribution < 1.29 is 14.3 Å². The van der Waals surface area contributed by atoms with Crippen LogP contribution >= 0.6 is 11.8 Å². The number of nitrogens with one attached hydrogen (secondary N) is 1. The largest absolute Gasteiger partial charge is 0.464 e. The Hall–Kier alpha value is -0.750. The van der Waals surface area contributed by atoms with Crippen LogP contribution in [0.2, 0.25) is 0 Å². The average Bonchev–Trinajstić information content (AvgIpc) is 2.98. The van der Waals surface area contributed by atoms with Crippen molar-refractivity contribution in [2.75, 3.05) is 12.4 Å². The Bertz CT molecular complexity index is 346. The van der Waals surface area contributed by atoms with Crippen molar-refractivity contribution in [3.8, 4) is 0 Å². The van der Waals surface area contributed by atoms with E-state index in [2.05, 4.69) is 5.32 Å². The summed E-state index contributed by atoms with van der Waals surface area (Å²) in [5, 5.41) is 3.21. The predicted molar refractivity (Wildman–Crippen MR) is 86.1 cm³/mol. The van der Waals surface area contributed by atoms with Gasteiger partial charge in [0.05, 0.1) is 12.6 Å². The maximum absolute atomic E-state index is 12.2. The first kappa shape index (κ1) is 18.3. The molecular formula is C15H28N2O3S. The van der Waals surface area contributed by atoms with Crippen LogP contribution in [0.25, 0.3) is 0 Å². The summed E-state index contributed by atoms with van der Waals surface area (Å²) in [6.07, 6.45) is 3.72. The van der Waals surface area contributed by atoms with E-state index < -0.39 is 12.1 Å². The third kappa shape index (κ3) is 5.87. The van der Waals surface area contributed by atoms with E-state index in [0.29, 0.717) is 18.3 Å². The number of hydrogen-bond donors (Lipinski definition) is 2. The van der Waals surface area contributed by atoms with Crippen LogP contribution in [0.5, 0.6) is 0 Å². The SMILES string of the molecule is CCOC(=O)C(C[C@@H]1CCCS1)NC(=O)[C@@H](N)C(C)CC. The van der Waals surface area contributed by atoms with Gasteiger partial charge in [-0.2, -0.15) is 11.8 Å². The van der Waals surface area contributed by atoms with Gasteiger partial charge in [0.2, 0.25) is 5.91 Å². The first-order valence-electron chi connectivity index (χ1n) is 7.83. The lowest BCUT2D eigenvalue weighted by Gasteiger charge is -2.24. The maximum atomic E-state index is 12.2. The Kier molecular flexibility index (Phi) is 8.11. The fourth-order valence-electron chi connectivity index (χ4n) is 2.33. The molecule has 0 bridgehead atoms. The van der Waals surface area contributed by atoms with Gasteiger partial charge in [-0.05, 0) is 37.9 Å². The third-order valence-electron chi connectivity index (χ3n) is 3.97. The Morgan fingerprint density at radius 3 is 2.67 bits per heavy atom. The zero-order valence-electron chi connectivity index (χ0n) is 13.3. The van der Waals surface area contributed by atoms with Gasteiger partial charge in [0.15, 0.2) is 0 Å². The van der Waals surface area contributed by atoms with Crippen LogP contribution < -0.4 is 11.1 Å². The van der Waals surface area contributed by atoms with Crippen LogP contribution in [-0.2, 0) is 14.3 Å². The van der Waals surface area contributed by atoms with Crippen molar-refractivity contribution in [1.82, 2.24) is 5.32 Å². The molecule has 1 aliphatic heterocycles. The second-order valence-corrected chi connectivity index (χ2v) is 7.00. The standard InChI is InChI=1S/C15H28N2O3S/c1-4-10(3)13(16)14(18)17-12(15(19)20-5-2)9-11-7-6-8-21-11/h10-13H,4-9,16H2,1-3H3,(H,17,18)/t10?,11-,12?,13-/m0/s1. The number of hydrogen-bond acceptors (Lipinski definition) is 5. The molecule has 0 aromatic rings. The van der Waals surface area contributed by atoms with E-state index in [1.807, 2.05) is 25.6 Å². The fourth-order valence-corrected chi connectivity index (χ4v) is 3.66. The molecule has 1 fully saturated rings. The Labute approximate surface area is 131 Å². The average molecular weight is 316 g/mol. The minimum atomic E-state index is -0.580. The molecule has 2 unspecified atom stereocenters. The van der Waals surface area contributed by atoms with Crippen molar-refractivity contribution in [1.29, 1.82) is 0 Å². The van der Waals surface area contributed by atoms with Crippen LogP contribution in [-0.4, -0.2) is 41.6 Å². The highest BCUT2D eigenvalue weighted by atomic mass is 32.2.